The minimum atomic E-state index is -0.361. The third kappa shape index (κ3) is 3.30. The molecule has 1 aromatic carbocycles. The number of nitrogens with one attached hydrogen (secondary N) is 1. The molecule has 0 radical (unpaired) electrons. The first-order valence-corrected chi connectivity index (χ1v) is 7.33. The molecule has 0 amide bonds. The number of halogens is 1. The zero-order valence-electron chi connectivity index (χ0n) is 12.2. The molecule has 0 bridgehead atoms. The number of nitrogens with zero attached hydrogens (tertiary/aromatic N) is 3. The Hall–Kier alpha value is -1.73. The molecule has 0 spiro atoms. The van der Waals surface area contributed by atoms with Crippen LogP contribution < -0.4 is 5.32 Å². The van der Waals surface area contributed by atoms with Crippen molar-refractivity contribution in [3.8, 4) is 0 Å². The van der Waals surface area contributed by atoms with Crippen molar-refractivity contribution in [3.05, 3.63) is 55.3 Å². The van der Waals surface area contributed by atoms with Crippen LogP contribution in [0.15, 0.2) is 22.7 Å². The number of aromatic nitrogens is 2. The molecule has 6 nitrogen and oxygen atoms in total. The predicted octanol–water partition coefficient (Wildman–Crippen LogP) is 2.94. The topological polar surface area (TPSA) is 73.0 Å². The summed E-state index contributed by atoms with van der Waals surface area (Å²) in [5.74, 6) is 0. The van der Waals surface area contributed by atoms with Crippen molar-refractivity contribution in [3.63, 3.8) is 0 Å². The number of nitro benzene ring substituents is 1. The van der Waals surface area contributed by atoms with Crippen LogP contribution in [0.5, 0.6) is 0 Å². The molecular formula is C14H17BrN4O2. The SMILES string of the molecule is CNCc1c(C)nn(Cc2ccc(Br)cc2[N+](=O)[O-])c1C. The van der Waals surface area contributed by atoms with Gasteiger partial charge in [-0.05, 0) is 33.0 Å². The summed E-state index contributed by atoms with van der Waals surface area (Å²) in [7, 11) is 1.88. The maximum Gasteiger partial charge on any atom is 0.275 e. The van der Waals surface area contributed by atoms with E-state index in [0.717, 1.165) is 23.5 Å². The van der Waals surface area contributed by atoms with Gasteiger partial charge < -0.3 is 5.32 Å². The van der Waals surface area contributed by atoms with Crippen molar-refractivity contribution >= 4 is 21.6 Å². The number of hydrogen-bond acceptors (Lipinski definition) is 4. The van der Waals surface area contributed by atoms with Crippen LogP contribution in [0.1, 0.15) is 22.5 Å². The predicted molar refractivity (Wildman–Crippen MR) is 84.4 cm³/mol. The van der Waals surface area contributed by atoms with E-state index in [4.69, 9.17) is 0 Å². The largest absolute Gasteiger partial charge is 0.316 e. The van der Waals surface area contributed by atoms with Gasteiger partial charge in [-0.3, -0.25) is 14.8 Å². The zero-order chi connectivity index (χ0) is 15.6. The van der Waals surface area contributed by atoms with E-state index in [1.165, 1.54) is 6.07 Å². The van der Waals surface area contributed by atoms with E-state index in [-0.39, 0.29) is 10.6 Å². The summed E-state index contributed by atoms with van der Waals surface area (Å²) in [5, 5.41) is 18.8. The van der Waals surface area contributed by atoms with E-state index in [1.807, 2.05) is 31.6 Å². The van der Waals surface area contributed by atoms with Gasteiger partial charge >= 0.3 is 0 Å². The van der Waals surface area contributed by atoms with Crippen LogP contribution in [0.2, 0.25) is 0 Å². The second-order valence-corrected chi connectivity index (χ2v) is 5.78. The molecule has 0 atom stereocenters. The van der Waals surface area contributed by atoms with Crippen LogP contribution in [-0.2, 0) is 13.1 Å². The second kappa shape index (κ2) is 6.36. The third-order valence-electron chi connectivity index (χ3n) is 3.45. The number of benzene rings is 1. The quantitative estimate of drug-likeness (QED) is 0.663. The molecular weight excluding hydrogens is 336 g/mol. The number of rotatable bonds is 5. The van der Waals surface area contributed by atoms with Gasteiger partial charge in [0, 0.05) is 28.3 Å². The fraction of sp³-hybridized carbons (Fsp3) is 0.357. The summed E-state index contributed by atoms with van der Waals surface area (Å²) in [5.41, 5.74) is 3.86. The van der Waals surface area contributed by atoms with Crippen molar-refractivity contribution in [2.45, 2.75) is 26.9 Å². The first-order chi connectivity index (χ1) is 9.93. The summed E-state index contributed by atoms with van der Waals surface area (Å²) >= 11 is 3.27. The fourth-order valence-corrected chi connectivity index (χ4v) is 2.67. The second-order valence-electron chi connectivity index (χ2n) is 4.87. The molecule has 0 saturated carbocycles. The van der Waals surface area contributed by atoms with Crippen LogP contribution in [0.3, 0.4) is 0 Å². The third-order valence-corrected chi connectivity index (χ3v) is 3.94. The maximum atomic E-state index is 11.2. The van der Waals surface area contributed by atoms with Gasteiger partial charge in [-0.1, -0.05) is 15.9 Å². The normalized spacial score (nSPS) is 10.9. The Balaban J connectivity index is 2.39. The molecule has 7 heteroatoms. The van der Waals surface area contributed by atoms with Gasteiger partial charge in [0.15, 0.2) is 0 Å². The number of hydrogen-bond donors (Lipinski definition) is 1. The number of aryl methyl sites for hydroxylation is 1. The van der Waals surface area contributed by atoms with E-state index in [0.29, 0.717) is 16.6 Å². The highest BCUT2D eigenvalue weighted by atomic mass is 79.9. The van der Waals surface area contributed by atoms with E-state index in [9.17, 15) is 10.1 Å². The zero-order valence-corrected chi connectivity index (χ0v) is 13.8. The summed E-state index contributed by atoms with van der Waals surface area (Å²) in [6, 6.07) is 5.09. The highest BCUT2D eigenvalue weighted by molar-refractivity contribution is 9.10. The van der Waals surface area contributed by atoms with E-state index in [2.05, 4.69) is 26.3 Å². The van der Waals surface area contributed by atoms with Gasteiger partial charge in [0.05, 0.1) is 22.7 Å². The molecule has 0 fully saturated rings. The summed E-state index contributed by atoms with van der Waals surface area (Å²) in [6.45, 7) is 5.06. The van der Waals surface area contributed by atoms with Gasteiger partial charge in [0.25, 0.3) is 5.69 Å². The molecule has 2 aromatic rings. The van der Waals surface area contributed by atoms with Gasteiger partial charge in [0.2, 0.25) is 0 Å². The van der Waals surface area contributed by atoms with Crippen molar-refractivity contribution in [2.75, 3.05) is 7.05 Å². The van der Waals surface area contributed by atoms with Crippen LogP contribution >= 0.6 is 15.9 Å². The lowest BCUT2D eigenvalue weighted by molar-refractivity contribution is -0.385. The Morgan fingerprint density at radius 3 is 2.76 bits per heavy atom. The lowest BCUT2D eigenvalue weighted by Gasteiger charge is -2.07. The lowest BCUT2D eigenvalue weighted by atomic mass is 10.1. The minimum Gasteiger partial charge on any atom is -0.316 e. The number of nitro groups is 1. The fourth-order valence-electron chi connectivity index (χ4n) is 2.32. The monoisotopic (exact) mass is 352 g/mol. The summed E-state index contributed by atoms with van der Waals surface area (Å²) < 4.78 is 2.51. The highest BCUT2D eigenvalue weighted by Crippen LogP contribution is 2.25. The van der Waals surface area contributed by atoms with E-state index in [1.54, 1.807) is 6.07 Å². The molecule has 0 unspecified atom stereocenters. The van der Waals surface area contributed by atoms with Gasteiger partial charge in [0.1, 0.15) is 0 Å². The van der Waals surface area contributed by atoms with Crippen LogP contribution in [0.25, 0.3) is 0 Å². The minimum absolute atomic E-state index is 0.104. The van der Waals surface area contributed by atoms with E-state index < -0.39 is 0 Å². The van der Waals surface area contributed by atoms with Gasteiger partial charge in [-0.15, -0.1) is 0 Å². The first-order valence-electron chi connectivity index (χ1n) is 6.54. The Bertz CT molecular complexity index is 682. The van der Waals surface area contributed by atoms with Crippen LogP contribution in [0, 0.1) is 24.0 Å². The molecule has 0 aliphatic carbocycles. The molecule has 2 rings (SSSR count). The first kappa shape index (κ1) is 15.7. The molecule has 21 heavy (non-hydrogen) atoms. The van der Waals surface area contributed by atoms with Crippen molar-refractivity contribution in [1.82, 2.24) is 15.1 Å². The van der Waals surface area contributed by atoms with Crippen LogP contribution in [-0.4, -0.2) is 21.8 Å². The summed E-state index contributed by atoms with van der Waals surface area (Å²) in [6.07, 6.45) is 0. The van der Waals surface area contributed by atoms with Gasteiger partial charge in [-0.25, -0.2) is 0 Å². The summed E-state index contributed by atoms with van der Waals surface area (Å²) in [4.78, 5) is 10.8. The Kier molecular flexibility index (Phi) is 4.74. The van der Waals surface area contributed by atoms with Gasteiger partial charge in [-0.2, -0.15) is 5.10 Å². The molecule has 0 aliphatic rings. The Morgan fingerprint density at radius 1 is 1.43 bits per heavy atom. The van der Waals surface area contributed by atoms with Crippen molar-refractivity contribution < 1.29 is 4.92 Å². The Labute approximate surface area is 131 Å². The molecule has 0 saturated heterocycles. The lowest BCUT2D eigenvalue weighted by Crippen LogP contribution is -2.09. The standard InChI is InChI=1S/C14H17BrN4O2/c1-9-13(7-16-3)10(2)18(17-9)8-11-4-5-12(15)6-14(11)19(20)21/h4-6,16H,7-8H2,1-3H3. The average Bonchev–Trinajstić information content (AvgIpc) is 2.68. The molecule has 0 aliphatic heterocycles. The van der Waals surface area contributed by atoms with E-state index >= 15 is 0 Å². The van der Waals surface area contributed by atoms with Crippen molar-refractivity contribution in [2.24, 2.45) is 0 Å². The molecule has 1 aromatic heterocycles. The van der Waals surface area contributed by atoms with Crippen LogP contribution in [0.4, 0.5) is 5.69 Å². The maximum absolute atomic E-state index is 11.2. The highest BCUT2D eigenvalue weighted by Gasteiger charge is 2.17. The van der Waals surface area contributed by atoms with Crippen molar-refractivity contribution in [1.29, 1.82) is 0 Å². The molecule has 1 heterocycles. The average molecular weight is 353 g/mol. The molecule has 1 N–H and O–H groups in total. The Morgan fingerprint density at radius 2 is 2.14 bits per heavy atom. The smallest absolute Gasteiger partial charge is 0.275 e. The molecule has 112 valence electrons.